The van der Waals surface area contributed by atoms with Crippen LogP contribution in [0.15, 0.2) is 22.7 Å². The molecule has 0 aliphatic heterocycles. The van der Waals surface area contributed by atoms with Crippen LogP contribution >= 0.6 is 15.9 Å². The quantitative estimate of drug-likeness (QED) is 0.908. The Hall–Kier alpha value is -1.10. The van der Waals surface area contributed by atoms with Crippen molar-refractivity contribution in [3.8, 4) is 5.75 Å². The Balaban J connectivity index is 2.47. The van der Waals surface area contributed by atoms with Crippen molar-refractivity contribution < 1.29 is 13.9 Å². The zero-order chi connectivity index (χ0) is 12.8. The molecule has 94 valence electrons. The van der Waals surface area contributed by atoms with E-state index < -0.39 is 5.82 Å². The van der Waals surface area contributed by atoms with E-state index in [1.165, 1.54) is 12.1 Å². The van der Waals surface area contributed by atoms with E-state index in [1.54, 1.807) is 6.07 Å². The highest BCUT2D eigenvalue weighted by molar-refractivity contribution is 9.10. The third kappa shape index (κ3) is 4.73. The summed E-state index contributed by atoms with van der Waals surface area (Å²) in [6.07, 6.45) is 0.846. The first-order valence-corrected chi connectivity index (χ1v) is 6.19. The molecule has 0 aliphatic carbocycles. The first-order chi connectivity index (χ1) is 8.02. The van der Waals surface area contributed by atoms with E-state index >= 15 is 0 Å². The molecular formula is C12H15BrFNO2. The van der Waals surface area contributed by atoms with Crippen LogP contribution in [0.3, 0.4) is 0 Å². The Morgan fingerprint density at radius 3 is 2.88 bits per heavy atom. The summed E-state index contributed by atoms with van der Waals surface area (Å²) in [5.74, 6) is -0.662. The number of ether oxygens (including phenoxy) is 1. The minimum atomic E-state index is -0.490. The number of carbonyl (C=O) groups is 1. The van der Waals surface area contributed by atoms with E-state index in [0.717, 1.165) is 6.42 Å². The Bertz CT molecular complexity index is 398. The molecule has 1 atom stereocenters. The molecule has 5 heteroatoms. The average molecular weight is 304 g/mol. The maximum atomic E-state index is 13.3. The molecule has 0 aliphatic rings. The molecule has 0 saturated carbocycles. The van der Waals surface area contributed by atoms with Crippen LogP contribution in [0.25, 0.3) is 0 Å². The molecule has 1 rings (SSSR count). The van der Waals surface area contributed by atoms with Crippen LogP contribution in [0, 0.1) is 5.82 Å². The number of carbonyl (C=O) groups excluding carboxylic acids is 1. The van der Waals surface area contributed by atoms with Crippen LogP contribution in [-0.2, 0) is 4.79 Å². The number of rotatable bonds is 5. The van der Waals surface area contributed by atoms with E-state index in [-0.39, 0.29) is 24.3 Å². The van der Waals surface area contributed by atoms with E-state index in [4.69, 9.17) is 4.74 Å². The van der Waals surface area contributed by atoms with Crippen molar-refractivity contribution >= 4 is 21.8 Å². The van der Waals surface area contributed by atoms with Crippen molar-refractivity contribution in [1.29, 1.82) is 0 Å². The minimum absolute atomic E-state index is 0.0764. The first kappa shape index (κ1) is 14.0. The molecule has 0 radical (unpaired) electrons. The van der Waals surface area contributed by atoms with Gasteiger partial charge in [0.1, 0.15) is 0 Å². The normalized spacial score (nSPS) is 12.0. The predicted octanol–water partition coefficient (Wildman–Crippen LogP) is 2.88. The Kier molecular flexibility index (Phi) is 5.41. The Labute approximate surface area is 108 Å². The van der Waals surface area contributed by atoms with Gasteiger partial charge < -0.3 is 10.1 Å². The van der Waals surface area contributed by atoms with E-state index in [1.807, 2.05) is 13.8 Å². The van der Waals surface area contributed by atoms with Crippen LogP contribution in [0.1, 0.15) is 20.3 Å². The summed E-state index contributed by atoms with van der Waals surface area (Å²) in [7, 11) is 0. The summed E-state index contributed by atoms with van der Waals surface area (Å²) in [5, 5.41) is 2.73. The molecule has 1 aromatic rings. The lowest BCUT2D eigenvalue weighted by atomic mass is 10.2. The third-order valence-corrected chi connectivity index (χ3v) is 2.77. The van der Waals surface area contributed by atoms with Gasteiger partial charge >= 0.3 is 0 Å². The van der Waals surface area contributed by atoms with Crippen molar-refractivity contribution in [2.75, 3.05) is 6.61 Å². The predicted molar refractivity (Wildman–Crippen MR) is 67.5 cm³/mol. The van der Waals surface area contributed by atoms with Crippen molar-refractivity contribution in [2.24, 2.45) is 0 Å². The number of hydrogen-bond acceptors (Lipinski definition) is 2. The van der Waals surface area contributed by atoms with Crippen molar-refractivity contribution in [2.45, 2.75) is 26.3 Å². The molecule has 0 heterocycles. The van der Waals surface area contributed by atoms with Crippen LogP contribution in [-0.4, -0.2) is 18.6 Å². The summed E-state index contributed by atoms with van der Waals surface area (Å²) in [6, 6.07) is 4.53. The van der Waals surface area contributed by atoms with Crippen LogP contribution in [0.5, 0.6) is 5.75 Å². The van der Waals surface area contributed by atoms with Crippen LogP contribution in [0.4, 0.5) is 4.39 Å². The van der Waals surface area contributed by atoms with Gasteiger partial charge in [-0.15, -0.1) is 0 Å². The lowest BCUT2D eigenvalue weighted by Crippen LogP contribution is -2.35. The highest BCUT2D eigenvalue weighted by Gasteiger charge is 2.08. The smallest absolute Gasteiger partial charge is 0.258 e. The second-order valence-electron chi connectivity index (χ2n) is 3.74. The average Bonchev–Trinajstić information content (AvgIpc) is 2.27. The highest BCUT2D eigenvalue weighted by atomic mass is 79.9. The topological polar surface area (TPSA) is 38.3 Å². The number of benzene rings is 1. The highest BCUT2D eigenvalue weighted by Crippen LogP contribution is 2.21. The minimum Gasteiger partial charge on any atom is -0.481 e. The van der Waals surface area contributed by atoms with Gasteiger partial charge in [0.15, 0.2) is 18.2 Å². The molecule has 0 aromatic heterocycles. The molecular weight excluding hydrogens is 289 g/mol. The van der Waals surface area contributed by atoms with Gasteiger partial charge in [0, 0.05) is 10.5 Å². The lowest BCUT2D eigenvalue weighted by molar-refractivity contribution is -0.123. The van der Waals surface area contributed by atoms with Gasteiger partial charge in [0.2, 0.25) is 0 Å². The fourth-order valence-electron chi connectivity index (χ4n) is 1.15. The summed E-state index contributed by atoms with van der Waals surface area (Å²) in [5.41, 5.74) is 0. The molecule has 0 saturated heterocycles. The van der Waals surface area contributed by atoms with Gasteiger partial charge in [-0.25, -0.2) is 4.39 Å². The molecule has 1 N–H and O–H groups in total. The second kappa shape index (κ2) is 6.59. The number of nitrogens with one attached hydrogen (secondary N) is 1. The number of halogens is 2. The molecule has 0 fully saturated rings. The first-order valence-electron chi connectivity index (χ1n) is 5.40. The standard InChI is InChI=1S/C12H15BrFNO2/c1-3-8(2)15-12(16)7-17-11-5-4-9(13)6-10(11)14/h4-6,8H,3,7H2,1-2H3,(H,15,16)/t8-/m0/s1. The van der Waals surface area contributed by atoms with Gasteiger partial charge in [-0.2, -0.15) is 0 Å². The summed E-state index contributed by atoms with van der Waals surface area (Å²) < 4.78 is 19.1. The summed E-state index contributed by atoms with van der Waals surface area (Å²) >= 11 is 3.14. The van der Waals surface area contributed by atoms with Crippen molar-refractivity contribution in [1.82, 2.24) is 5.32 Å². The molecule has 1 amide bonds. The van der Waals surface area contributed by atoms with Gasteiger partial charge in [-0.1, -0.05) is 22.9 Å². The second-order valence-corrected chi connectivity index (χ2v) is 4.66. The zero-order valence-corrected chi connectivity index (χ0v) is 11.4. The van der Waals surface area contributed by atoms with E-state index in [9.17, 15) is 9.18 Å². The number of amides is 1. The summed E-state index contributed by atoms with van der Waals surface area (Å²) in [4.78, 5) is 11.4. The van der Waals surface area contributed by atoms with Gasteiger partial charge in [0.05, 0.1) is 0 Å². The molecule has 0 bridgehead atoms. The molecule has 17 heavy (non-hydrogen) atoms. The van der Waals surface area contributed by atoms with Crippen LogP contribution in [0.2, 0.25) is 0 Å². The van der Waals surface area contributed by atoms with Gasteiger partial charge in [0.25, 0.3) is 5.91 Å². The number of hydrogen-bond donors (Lipinski definition) is 1. The largest absolute Gasteiger partial charge is 0.481 e. The Morgan fingerprint density at radius 1 is 1.59 bits per heavy atom. The fraction of sp³-hybridized carbons (Fsp3) is 0.417. The Morgan fingerprint density at radius 2 is 2.29 bits per heavy atom. The monoisotopic (exact) mass is 303 g/mol. The molecule has 0 unspecified atom stereocenters. The van der Waals surface area contributed by atoms with Gasteiger partial charge in [-0.3, -0.25) is 4.79 Å². The maximum Gasteiger partial charge on any atom is 0.258 e. The third-order valence-electron chi connectivity index (χ3n) is 2.27. The molecule has 3 nitrogen and oxygen atoms in total. The maximum absolute atomic E-state index is 13.3. The van der Waals surface area contributed by atoms with Crippen molar-refractivity contribution in [3.63, 3.8) is 0 Å². The molecule has 1 aromatic carbocycles. The van der Waals surface area contributed by atoms with Crippen molar-refractivity contribution in [3.05, 3.63) is 28.5 Å². The SMILES string of the molecule is CC[C@H](C)NC(=O)COc1ccc(Br)cc1F. The lowest BCUT2D eigenvalue weighted by Gasteiger charge is -2.12. The molecule has 0 spiro atoms. The fourth-order valence-corrected chi connectivity index (χ4v) is 1.49. The van der Waals surface area contributed by atoms with E-state index in [0.29, 0.717) is 4.47 Å². The zero-order valence-electron chi connectivity index (χ0n) is 9.80. The van der Waals surface area contributed by atoms with Crippen LogP contribution < -0.4 is 10.1 Å². The van der Waals surface area contributed by atoms with Gasteiger partial charge in [-0.05, 0) is 31.5 Å². The summed E-state index contributed by atoms with van der Waals surface area (Å²) in [6.45, 7) is 3.70. The van der Waals surface area contributed by atoms with E-state index in [2.05, 4.69) is 21.2 Å².